The number of carbonyl (C=O) groups excluding carboxylic acids is 2. The molecule has 1 saturated heterocycles. The lowest BCUT2D eigenvalue weighted by Crippen LogP contribution is -2.66. The molecule has 1 aliphatic carbocycles. The molecule has 2 atom stereocenters. The van der Waals surface area contributed by atoms with Crippen molar-refractivity contribution in [3.8, 4) is 5.75 Å². The second kappa shape index (κ2) is 9.10. The molecule has 0 spiro atoms. The van der Waals surface area contributed by atoms with Crippen molar-refractivity contribution in [1.82, 2.24) is 14.9 Å². The van der Waals surface area contributed by atoms with Crippen LogP contribution in [0.15, 0.2) is 24.3 Å². The maximum absolute atomic E-state index is 12.7. The van der Waals surface area contributed by atoms with Crippen LogP contribution in [0.4, 0.5) is 0 Å². The van der Waals surface area contributed by atoms with E-state index in [1.54, 1.807) is 31.2 Å². The quantitative estimate of drug-likeness (QED) is 0.589. The minimum absolute atomic E-state index is 0.139. The molecule has 1 saturated carbocycles. The highest BCUT2D eigenvalue weighted by atomic mass is 32.2. The van der Waals surface area contributed by atoms with Gasteiger partial charge >= 0.3 is 5.97 Å². The number of ether oxygens (including phenoxy) is 2. The van der Waals surface area contributed by atoms with Crippen molar-refractivity contribution >= 4 is 21.9 Å². The van der Waals surface area contributed by atoms with Crippen molar-refractivity contribution in [1.29, 1.82) is 0 Å². The van der Waals surface area contributed by atoms with Gasteiger partial charge in [0.1, 0.15) is 11.9 Å². The summed E-state index contributed by atoms with van der Waals surface area (Å²) in [5.74, 6) is 0.342. The standard InChI is InChI=1S/C19H27N3O6S/c1-3-16(23)28-19-17(22(11-10-20-19)29(2,25)26)21-18(24)14-6-8-15(9-7-14)27-12-13-4-5-13/h6-9,13,17,19-20H,3-5,10-12H2,1-2H3,(H,21,24)/t17-,19?/m0/s1. The van der Waals surface area contributed by atoms with E-state index in [2.05, 4.69) is 10.6 Å². The van der Waals surface area contributed by atoms with Gasteiger partial charge in [0.05, 0.1) is 12.9 Å². The van der Waals surface area contributed by atoms with Crippen LogP contribution >= 0.6 is 0 Å². The molecule has 2 aliphatic rings. The third kappa shape index (κ3) is 5.91. The molecule has 1 amide bonds. The van der Waals surface area contributed by atoms with Gasteiger partial charge < -0.3 is 14.8 Å². The Morgan fingerprint density at radius 1 is 1.24 bits per heavy atom. The number of nitrogens with zero attached hydrogens (tertiary/aromatic N) is 1. The van der Waals surface area contributed by atoms with E-state index in [1.807, 2.05) is 0 Å². The monoisotopic (exact) mass is 425 g/mol. The molecule has 0 radical (unpaired) electrons. The molecule has 10 heteroatoms. The third-order valence-corrected chi connectivity index (χ3v) is 6.09. The van der Waals surface area contributed by atoms with Crippen molar-refractivity contribution in [3.05, 3.63) is 29.8 Å². The summed E-state index contributed by atoms with van der Waals surface area (Å²) in [6.07, 6.45) is 1.55. The Balaban J connectivity index is 1.71. The van der Waals surface area contributed by atoms with Gasteiger partial charge in [-0.3, -0.25) is 14.9 Å². The molecule has 1 aliphatic heterocycles. The molecule has 0 bridgehead atoms. The first-order valence-electron chi connectivity index (χ1n) is 9.71. The summed E-state index contributed by atoms with van der Waals surface area (Å²) < 4.78 is 36.5. The number of hydrogen-bond donors (Lipinski definition) is 2. The maximum Gasteiger partial charge on any atom is 0.307 e. The summed E-state index contributed by atoms with van der Waals surface area (Å²) in [7, 11) is -3.63. The zero-order chi connectivity index (χ0) is 21.0. The van der Waals surface area contributed by atoms with Gasteiger partial charge in [0.2, 0.25) is 10.0 Å². The Bertz CT molecular complexity index is 838. The third-order valence-electron chi connectivity index (χ3n) is 4.83. The minimum Gasteiger partial charge on any atom is -0.493 e. The zero-order valence-electron chi connectivity index (χ0n) is 16.6. The van der Waals surface area contributed by atoms with E-state index in [1.165, 1.54) is 12.8 Å². The second-order valence-electron chi connectivity index (χ2n) is 7.29. The average Bonchev–Trinajstić information content (AvgIpc) is 3.51. The van der Waals surface area contributed by atoms with Crippen LogP contribution in [0.2, 0.25) is 0 Å². The predicted octanol–water partition coefficient (Wildman–Crippen LogP) is 0.675. The Morgan fingerprint density at radius 2 is 1.93 bits per heavy atom. The number of rotatable bonds is 8. The van der Waals surface area contributed by atoms with Crippen LogP contribution in [0.5, 0.6) is 5.75 Å². The van der Waals surface area contributed by atoms with E-state index in [4.69, 9.17) is 9.47 Å². The van der Waals surface area contributed by atoms with Gasteiger partial charge in [-0.2, -0.15) is 4.31 Å². The zero-order valence-corrected chi connectivity index (χ0v) is 17.4. The van der Waals surface area contributed by atoms with Crippen molar-refractivity contribution in [3.63, 3.8) is 0 Å². The van der Waals surface area contributed by atoms with E-state index in [0.717, 1.165) is 10.6 Å². The SMILES string of the molecule is CCC(=O)OC1NCCN(S(C)(=O)=O)[C@@H]1NC(=O)c1ccc(OCC2CC2)cc1. The Labute approximate surface area is 170 Å². The van der Waals surface area contributed by atoms with E-state index in [9.17, 15) is 18.0 Å². The first-order chi connectivity index (χ1) is 13.8. The van der Waals surface area contributed by atoms with Crippen LogP contribution in [-0.2, 0) is 19.6 Å². The summed E-state index contributed by atoms with van der Waals surface area (Å²) in [6.45, 7) is 2.76. The summed E-state index contributed by atoms with van der Waals surface area (Å²) in [4.78, 5) is 24.5. The van der Waals surface area contributed by atoms with Crippen LogP contribution in [0.25, 0.3) is 0 Å². The second-order valence-corrected chi connectivity index (χ2v) is 9.22. The summed E-state index contributed by atoms with van der Waals surface area (Å²) >= 11 is 0. The molecule has 1 heterocycles. The summed E-state index contributed by atoms with van der Waals surface area (Å²) in [5.41, 5.74) is 0.350. The number of amides is 1. The Hall–Kier alpha value is -2.17. The predicted molar refractivity (Wildman–Crippen MR) is 106 cm³/mol. The van der Waals surface area contributed by atoms with E-state index < -0.39 is 34.3 Å². The lowest BCUT2D eigenvalue weighted by Gasteiger charge is -2.39. The van der Waals surface area contributed by atoms with Gasteiger partial charge in [0.25, 0.3) is 5.91 Å². The molecule has 1 aromatic carbocycles. The number of hydrogen-bond acceptors (Lipinski definition) is 7. The van der Waals surface area contributed by atoms with Gasteiger partial charge in [0, 0.05) is 25.1 Å². The van der Waals surface area contributed by atoms with Gasteiger partial charge in [-0.1, -0.05) is 6.92 Å². The molecule has 0 aromatic heterocycles. The fourth-order valence-electron chi connectivity index (χ4n) is 2.99. The molecule has 1 aromatic rings. The van der Waals surface area contributed by atoms with Crippen molar-refractivity contribution in [2.45, 2.75) is 38.6 Å². The van der Waals surface area contributed by atoms with Crippen molar-refractivity contribution < 1.29 is 27.5 Å². The average molecular weight is 426 g/mol. The Kier molecular flexibility index (Phi) is 6.76. The largest absolute Gasteiger partial charge is 0.493 e. The number of piperazine rings is 1. The van der Waals surface area contributed by atoms with Crippen LogP contribution < -0.4 is 15.4 Å². The van der Waals surface area contributed by atoms with Crippen molar-refractivity contribution in [2.75, 3.05) is 26.0 Å². The lowest BCUT2D eigenvalue weighted by molar-refractivity contribution is -0.155. The molecule has 160 valence electrons. The van der Waals surface area contributed by atoms with Crippen LogP contribution in [-0.4, -0.2) is 62.9 Å². The lowest BCUT2D eigenvalue weighted by atomic mass is 10.2. The molecular formula is C19H27N3O6S. The number of nitrogens with one attached hydrogen (secondary N) is 2. The van der Waals surface area contributed by atoms with E-state index in [0.29, 0.717) is 30.4 Å². The highest BCUT2D eigenvalue weighted by Crippen LogP contribution is 2.29. The van der Waals surface area contributed by atoms with Crippen LogP contribution in [0.1, 0.15) is 36.5 Å². The maximum atomic E-state index is 12.7. The van der Waals surface area contributed by atoms with Crippen LogP contribution in [0.3, 0.4) is 0 Å². The number of esters is 1. The van der Waals surface area contributed by atoms with Gasteiger partial charge in [0.15, 0.2) is 6.23 Å². The number of sulfonamides is 1. The summed E-state index contributed by atoms with van der Waals surface area (Å²) in [5, 5.41) is 5.63. The molecular weight excluding hydrogens is 398 g/mol. The van der Waals surface area contributed by atoms with Crippen LogP contribution in [0, 0.1) is 5.92 Å². The van der Waals surface area contributed by atoms with Gasteiger partial charge in [-0.15, -0.1) is 0 Å². The Morgan fingerprint density at radius 3 is 2.52 bits per heavy atom. The van der Waals surface area contributed by atoms with Gasteiger partial charge in [-0.05, 0) is 43.0 Å². The smallest absolute Gasteiger partial charge is 0.307 e. The first kappa shape index (κ1) is 21.5. The topological polar surface area (TPSA) is 114 Å². The van der Waals surface area contributed by atoms with E-state index >= 15 is 0 Å². The normalized spacial score (nSPS) is 22.7. The van der Waals surface area contributed by atoms with Gasteiger partial charge in [-0.25, -0.2) is 8.42 Å². The molecule has 3 rings (SSSR count). The molecule has 2 fully saturated rings. The van der Waals surface area contributed by atoms with Crippen molar-refractivity contribution in [2.24, 2.45) is 5.92 Å². The minimum atomic E-state index is -3.63. The summed E-state index contributed by atoms with van der Waals surface area (Å²) in [6, 6.07) is 6.65. The highest BCUT2D eigenvalue weighted by Gasteiger charge is 2.39. The first-order valence-corrected chi connectivity index (χ1v) is 11.6. The number of benzene rings is 1. The molecule has 1 unspecified atom stereocenters. The fraction of sp³-hybridized carbons (Fsp3) is 0.579. The number of carbonyl (C=O) groups is 2. The molecule has 2 N–H and O–H groups in total. The molecule has 29 heavy (non-hydrogen) atoms. The molecule has 9 nitrogen and oxygen atoms in total. The fourth-order valence-corrected chi connectivity index (χ4v) is 3.99. The highest BCUT2D eigenvalue weighted by molar-refractivity contribution is 7.88. The van der Waals surface area contributed by atoms with E-state index in [-0.39, 0.29) is 13.0 Å².